The molecule has 0 unspecified atom stereocenters. The van der Waals surface area contributed by atoms with Crippen LogP contribution in [0.15, 0.2) is 11.0 Å². The number of benzene rings is 1. The summed E-state index contributed by atoms with van der Waals surface area (Å²) in [7, 11) is -1.52. The first-order valence-corrected chi connectivity index (χ1v) is 6.96. The Hall–Kier alpha value is -1.83. The molecule has 0 saturated heterocycles. The van der Waals surface area contributed by atoms with Crippen LogP contribution in [0.5, 0.6) is 11.5 Å². The topological polar surface area (TPSA) is 89.9 Å². The Bertz CT molecular complexity index is 608. The molecule has 0 radical (unpaired) electrons. The SMILES string of the molecule is COc1c(CC(=O)O)cc(F)c(S(C)(=O)=O)c1OC. The summed E-state index contributed by atoms with van der Waals surface area (Å²) in [6.45, 7) is 0. The van der Waals surface area contributed by atoms with Crippen molar-refractivity contribution in [2.75, 3.05) is 20.5 Å². The van der Waals surface area contributed by atoms with Crippen molar-refractivity contribution >= 4 is 15.8 Å². The summed E-state index contributed by atoms with van der Waals surface area (Å²) >= 11 is 0. The lowest BCUT2D eigenvalue weighted by Gasteiger charge is -2.15. The van der Waals surface area contributed by atoms with Gasteiger partial charge in [-0.25, -0.2) is 12.8 Å². The molecule has 0 amide bonds. The van der Waals surface area contributed by atoms with Crippen LogP contribution in [0, 0.1) is 5.82 Å². The van der Waals surface area contributed by atoms with Gasteiger partial charge in [0.05, 0.1) is 20.6 Å². The molecule has 6 nitrogen and oxygen atoms in total. The van der Waals surface area contributed by atoms with Crippen molar-refractivity contribution in [1.82, 2.24) is 0 Å². The van der Waals surface area contributed by atoms with Gasteiger partial charge in [-0.15, -0.1) is 0 Å². The second-order valence-corrected chi connectivity index (χ2v) is 5.71. The number of carbonyl (C=O) groups is 1. The van der Waals surface area contributed by atoms with E-state index >= 15 is 0 Å². The fourth-order valence-corrected chi connectivity index (χ4v) is 2.62. The number of hydrogen-bond acceptors (Lipinski definition) is 5. The number of carboxylic acids is 1. The molecule has 0 aliphatic rings. The molecule has 0 bridgehead atoms. The van der Waals surface area contributed by atoms with E-state index in [1.807, 2.05) is 0 Å². The average molecular weight is 292 g/mol. The number of halogens is 1. The molecule has 0 atom stereocenters. The van der Waals surface area contributed by atoms with Crippen LogP contribution in [0.4, 0.5) is 4.39 Å². The Kier molecular flexibility index (Phi) is 4.35. The van der Waals surface area contributed by atoms with Crippen LogP contribution >= 0.6 is 0 Å². The van der Waals surface area contributed by atoms with E-state index in [0.717, 1.165) is 19.4 Å². The van der Waals surface area contributed by atoms with Gasteiger partial charge in [0.2, 0.25) is 0 Å². The van der Waals surface area contributed by atoms with Gasteiger partial charge in [0, 0.05) is 11.8 Å². The van der Waals surface area contributed by atoms with Gasteiger partial charge in [0.1, 0.15) is 10.7 Å². The maximum Gasteiger partial charge on any atom is 0.307 e. The molecule has 0 saturated carbocycles. The molecule has 0 aliphatic heterocycles. The normalized spacial score (nSPS) is 11.2. The quantitative estimate of drug-likeness (QED) is 0.866. The molecule has 0 spiro atoms. The summed E-state index contributed by atoms with van der Waals surface area (Å²) in [5.74, 6) is -2.71. The van der Waals surface area contributed by atoms with Crippen LogP contribution in [0.3, 0.4) is 0 Å². The van der Waals surface area contributed by atoms with E-state index in [-0.39, 0.29) is 17.1 Å². The zero-order valence-electron chi connectivity index (χ0n) is 10.6. The Balaban J connectivity index is 3.68. The lowest BCUT2D eigenvalue weighted by molar-refractivity contribution is -0.136. The summed E-state index contributed by atoms with van der Waals surface area (Å²) in [5.41, 5.74) is -0.00301. The van der Waals surface area contributed by atoms with Crippen molar-refractivity contribution in [2.24, 2.45) is 0 Å². The third-order valence-electron chi connectivity index (χ3n) is 2.34. The number of aliphatic carboxylic acids is 1. The fraction of sp³-hybridized carbons (Fsp3) is 0.364. The standard InChI is InChI=1S/C11H13FO6S/c1-17-9-6(5-8(13)14)4-7(12)11(10(9)18-2)19(3,15)16/h4H,5H2,1-3H3,(H,13,14). The minimum Gasteiger partial charge on any atom is -0.493 e. The zero-order valence-corrected chi connectivity index (χ0v) is 11.4. The van der Waals surface area contributed by atoms with E-state index in [0.29, 0.717) is 0 Å². The summed E-state index contributed by atoms with van der Waals surface area (Å²) in [6.07, 6.45) is 0.310. The molecule has 0 fully saturated rings. The number of ether oxygens (including phenoxy) is 2. The van der Waals surface area contributed by atoms with Gasteiger partial charge in [-0.2, -0.15) is 0 Å². The van der Waals surface area contributed by atoms with Crippen LogP contribution in [-0.2, 0) is 21.1 Å². The second kappa shape index (κ2) is 5.43. The first-order chi connectivity index (χ1) is 8.72. The maximum atomic E-state index is 13.9. The molecule has 19 heavy (non-hydrogen) atoms. The van der Waals surface area contributed by atoms with Gasteiger partial charge in [0.15, 0.2) is 21.3 Å². The maximum absolute atomic E-state index is 13.9. The van der Waals surface area contributed by atoms with Crippen molar-refractivity contribution in [2.45, 2.75) is 11.3 Å². The van der Waals surface area contributed by atoms with Gasteiger partial charge in [-0.05, 0) is 6.07 Å². The largest absolute Gasteiger partial charge is 0.493 e. The summed E-state index contributed by atoms with van der Waals surface area (Å²) < 4.78 is 46.7. The predicted molar refractivity (Wildman–Crippen MR) is 64.0 cm³/mol. The minimum absolute atomic E-state index is 0.00301. The van der Waals surface area contributed by atoms with Crippen molar-refractivity contribution in [3.05, 3.63) is 17.4 Å². The predicted octanol–water partition coefficient (Wildman–Crippen LogP) is 0.873. The average Bonchev–Trinajstić information content (AvgIpc) is 2.25. The van der Waals surface area contributed by atoms with Crippen LogP contribution in [-0.4, -0.2) is 40.0 Å². The van der Waals surface area contributed by atoms with Crippen LogP contribution in [0.25, 0.3) is 0 Å². The fourth-order valence-electron chi connectivity index (χ4n) is 1.69. The molecular formula is C11H13FO6S. The Morgan fingerprint density at radius 2 is 1.84 bits per heavy atom. The van der Waals surface area contributed by atoms with Gasteiger partial charge >= 0.3 is 5.97 Å². The Morgan fingerprint density at radius 3 is 2.21 bits per heavy atom. The zero-order chi connectivity index (χ0) is 14.8. The van der Waals surface area contributed by atoms with E-state index in [2.05, 4.69) is 0 Å². The van der Waals surface area contributed by atoms with Crippen molar-refractivity contribution in [3.63, 3.8) is 0 Å². The lowest BCUT2D eigenvalue weighted by Crippen LogP contribution is -2.10. The monoisotopic (exact) mass is 292 g/mol. The highest BCUT2D eigenvalue weighted by molar-refractivity contribution is 7.90. The van der Waals surface area contributed by atoms with E-state index in [1.54, 1.807) is 0 Å². The number of carboxylic acid groups (broad SMARTS) is 1. The highest BCUT2D eigenvalue weighted by Gasteiger charge is 2.27. The van der Waals surface area contributed by atoms with Crippen LogP contribution in [0.2, 0.25) is 0 Å². The molecular weight excluding hydrogens is 279 g/mol. The van der Waals surface area contributed by atoms with E-state index in [9.17, 15) is 17.6 Å². The van der Waals surface area contributed by atoms with Gasteiger partial charge < -0.3 is 14.6 Å². The van der Waals surface area contributed by atoms with Gasteiger partial charge in [-0.1, -0.05) is 0 Å². The molecule has 1 N–H and O–H groups in total. The van der Waals surface area contributed by atoms with E-state index in [4.69, 9.17) is 14.6 Å². The second-order valence-electron chi connectivity index (χ2n) is 3.76. The smallest absolute Gasteiger partial charge is 0.307 e. The highest BCUT2D eigenvalue weighted by atomic mass is 32.2. The van der Waals surface area contributed by atoms with Crippen molar-refractivity contribution in [1.29, 1.82) is 0 Å². The lowest BCUT2D eigenvalue weighted by atomic mass is 10.1. The molecule has 1 rings (SSSR count). The summed E-state index contributed by atoms with van der Waals surface area (Å²) in [4.78, 5) is 10.0. The molecule has 0 aromatic heterocycles. The van der Waals surface area contributed by atoms with Crippen molar-refractivity contribution in [3.8, 4) is 11.5 Å². The Labute approximate surface area is 109 Å². The molecule has 0 heterocycles. The highest BCUT2D eigenvalue weighted by Crippen LogP contribution is 2.39. The third kappa shape index (κ3) is 3.14. The van der Waals surface area contributed by atoms with Gasteiger partial charge in [0.25, 0.3) is 0 Å². The molecule has 0 aliphatic carbocycles. The first-order valence-electron chi connectivity index (χ1n) is 5.07. The first kappa shape index (κ1) is 15.2. The molecule has 8 heteroatoms. The van der Waals surface area contributed by atoms with E-state index < -0.39 is 32.9 Å². The minimum atomic E-state index is -3.88. The van der Waals surface area contributed by atoms with Crippen molar-refractivity contribution < 1.29 is 32.2 Å². The number of hydrogen-bond donors (Lipinski definition) is 1. The number of methoxy groups -OCH3 is 2. The van der Waals surface area contributed by atoms with Gasteiger partial charge in [-0.3, -0.25) is 4.79 Å². The van der Waals surface area contributed by atoms with Crippen LogP contribution in [0.1, 0.15) is 5.56 Å². The number of rotatable bonds is 5. The third-order valence-corrected chi connectivity index (χ3v) is 3.46. The van der Waals surface area contributed by atoms with Crippen LogP contribution < -0.4 is 9.47 Å². The molecule has 1 aromatic carbocycles. The molecule has 1 aromatic rings. The molecule has 106 valence electrons. The number of sulfone groups is 1. The Morgan fingerprint density at radius 1 is 1.32 bits per heavy atom. The summed E-state index contributed by atoms with van der Waals surface area (Å²) in [5, 5.41) is 8.73. The summed E-state index contributed by atoms with van der Waals surface area (Å²) in [6, 6.07) is 0.825. The van der Waals surface area contributed by atoms with E-state index in [1.165, 1.54) is 7.11 Å².